The van der Waals surface area contributed by atoms with Crippen molar-refractivity contribution in [1.82, 2.24) is 14.5 Å². The number of imidazole rings is 1. The van der Waals surface area contributed by atoms with E-state index in [1.807, 2.05) is 24.0 Å². The highest BCUT2D eigenvalue weighted by Gasteiger charge is 2.17. The Kier molecular flexibility index (Phi) is 2.67. The third-order valence-corrected chi connectivity index (χ3v) is 3.51. The Morgan fingerprint density at radius 1 is 1.24 bits per heavy atom. The maximum absolute atomic E-state index is 6.09. The summed E-state index contributed by atoms with van der Waals surface area (Å²) < 4.78 is 1.98. The van der Waals surface area contributed by atoms with Crippen molar-refractivity contribution < 1.29 is 0 Å². The molecule has 4 nitrogen and oxygen atoms in total. The zero-order valence-electron chi connectivity index (χ0n) is 9.86. The van der Waals surface area contributed by atoms with Crippen LogP contribution in [-0.4, -0.2) is 27.6 Å². The minimum Gasteiger partial charge on any atom is -0.355 e. The molecular formula is C12H15ClN4. The molecule has 0 radical (unpaired) electrons. The zero-order chi connectivity index (χ0) is 11.8. The summed E-state index contributed by atoms with van der Waals surface area (Å²) >= 11 is 6.09. The summed E-state index contributed by atoms with van der Waals surface area (Å²) in [6, 6.07) is 1.87. The van der Waals surface area contributed by atoms with Crippen LogP contribution in [0.15, 0.2) is 12.4 Å². The number of nitrogens with zero attached hydrogens (tertiary/aromatic N) is 4. The summed E-state index contributed by atoms with van der Waals surface area (Å²) in [6.45, 7) is 2.11. The zero-order valence-corrected chi connectivity index (χ0v) is 10.6. The van der Waals surface area contributed by atoms with Crippen LogP contribution >= 0.6 is 11.6 Å². The predicted octanol–water partition coefficient (Wildman–Crippen LogP) is 2.61. The van der Waals surface area contributed by atoms with Crippen molar-refractivity contribution in [2.75, 3.05) is 18.0 Å². The van der Waals surface area contributed by atoms with E-state index in [1.54, 1.807) is 0 Å². The Balaban J connectivity index is 2.13. The summed E-state index contributed by atoms with van der Waals surface area (Å²) in [5.74, 6) is 0.938. The van der Waals surface area contributed by atoms with Crippen molar-refractivity contribution in [2.45, 2.75) is 19.3 Å². The van der Waals surface area contributed by atoms with Gasteiger partial charge >= 0.3 is 0 Å². The molecule has 1 saturated heterocycles. The van der Waals surface area contributed by atoms with Gasteiger partial charge in [-0.2, -0.15) is 0 Å². The van der Waals surface area contributed by atoms with Gasteiger partial charge in [-0.3, -0.25) is 0 Å². The normalized spacial score (nSPS) is 16.7. The van der Waals surface area contributed by atoms with Gasteiger partial charge in [0.1, 0.15) is 10.7 Å². The second kappa shape index (κ2) is 4.18. The van der Waals surface area contributed by atoms with E-state index in [1.165, 1.54) is 19.3 Å². The fourth-order valence-electron chi connectivity index (χ4n) is 2.41. The van der Waals surface area contributed by atoms with E-state index in [0.29, 0.717) is 5.15 Å². The van der Waals surface area contributed by atoms with Gasteiger partial charge in [-0.1, -0.05) is 11.6 Å². The van der Waals surface area contributed by atoms with Crippen LogP contribution in [0.5, 0.6) is 0 Å². The average molecular weight is 251 g/mol. The van der Waals surface area contributed by atoms with Crippen molar-refractivity contribution in [3.8, 4) is 0 Å². The molecule has 0 N–H and O–H groups in total. The Hall–Kier alpha value is -1.29. The summed E-state index contributed by atoms with van der Waals surface area (Å²) in [5, 5.41) is 0.543. The van der Waals surface area contributed by atoms with Crippen LogP contribution in [0.1, 0.15) is 19.3 Å². The molecule has 0 saturated carbocycles. The Morgan fingerprint density at radius 2 is 2.00 bits per heavy atom. The topological polar surface area (TPSA) is 34.0 Å². The van der Waals surface area contributed by atoms with E-state index >= 15 is 0 Å². The number of rotatable bonds is 1. The molecule has 17 heavy (non-hydrogen) atoms. The van der Waals surface area contributed by atoms with Gasteiger partial charge in [0.15, 0.2) is 5.82 Å². The lowest BCUT2D eigenvalue weighted by atomic mass is 10.1. The van der Waals surface area contributed by atoms with Crippen LogP contribution in [0.3, 0.4) is 0 Å². The second-order valence-corrected chi connectivity index (χ2v) is 4.93. The third-order valence-electron chi connectivity index (χ3n) is 3.32. The van der Waals surface area contributed by atoms with Gasteiger partial charge in [-0.15, -0.1) is 0 Å². The number of hydrogen-bond acceptors (Lipinski definition) is 3. The molecule has 3 rings (SSSR count). The summed E-state index contributed by atoms with van der Waals surface area (Å²) in [7, 11) is 1.98. The molecule has 1 aliphatic heterocycles. The molecule has 1 fully saturated rings. The van der Waals surface area contributed by atoms with Gasteiger partial charge in [0.25, 0.3) is 0 Å². The molecule has 90 valence electrons. The first kappa shape index (κ1) is 10.8. The number of anilines is 1. The smallest absolute Gasteiger partial charge is 0.158 e. The number of halogens is 1. The number of aromatic nitrogens is 3. The van der Waals surface area contributed by atoms with E-state index < -0.39 is 0 Å². The summed E-state index contributed by atoms with van der Waals surface area (Å²) in [6.07, 6.45) is 5.57. The number of pyridine rings is 1. The largest absolute Gasteiger partial charge is 0.355 e. The summed E-state index contributed by atoms with van der Waals surface area (Å²) in [5.41, 5.74) is 2.00. The highest BCUT2D eigenvalue weighted by Crippen LogP contribution is 2.28. The molecule has 0 atom stereocenters. The average Bonchev–Trinajstić information content (AvgIpc) is 2.72. The number of piperidine rings is 1. The highest BCUT2D eigenvalue weighted by molar-refractivity contribution is 6.30. The first-order valence-corrected chi connectivity index (χ1v) is 6.36. The van der Waals surface area contributed by atoms with Gasteiger partial charge in [-0.25, -0.2) is 9.97 Å². The molecule has 0 unspecified atom stereocenters. The van der Waals surface area contributed by atoms with E-state index in [4.69, 9.17) is 11.6 Å². The van der Waals surface area contributed by atoms with Crippen LogP contribution < -0.4 is 4.90 Å². The highest BCUT2D eigenvalue weighted by atomic mass is 35.5. The van der Waals surface area contributed by atoms with Gasteiger partial charge < -0.3 is 9.47 Å². The van der Waals surface area contributed by atoms with Crippen molar-refractivity contribution in [2.24, 2.45) is 7.05 Å². The van der Waals surface area contributed by atoms with Crippen molar-refractivity contribution in [3.05, 3.63) is 17.5 Å². The molecule has 3 heterocycles. The molecule has 0 amide bonds. The van der Waals surface area contributed by atoms with E-state index in [9.17, 15) is 0 Å². The number of hydrogen-bond donors (Lipinski definition) is 0. The van der Waals surface area contributed by atoms with Crippen molar-refractivity contribution >= 4 is 28.5 Å². The molecule has 0 aliphatic carbocycles. The van der Waals surface area contributed by atoms with E-state index in [0.717, 1.165) is 29.9 Å². The standard InChI is InChI=1S/C12H15ClN4/c1-16-8-14-11-9(16)7-10(13)15-12(11)17-5-3-2-4-6-17/h7-8H,2-6H2,1H3. The van der Waals surface area contributed by atoms with Gasteiger partial charge in [-0.05, 0) is 19.3 Å². The molecule has 0 spiro atoms. The minimum atomic E-state index is 0.543. The molecule has 2 aromatic heterocycles. The van der Waals surface area contributed by atoms with Crippen molar-refractivity contribution in [3.63, 3.8) is 0 Å². The van der Waals surface area contributed by atoms with Crippen molar-refractivity contribution in [1.29, 1.82) is 0 Å². The number of fused-ring (bicyclic) bond motifs is 1. The molecule has 0 bridgehead atoms. The van der Waals surface area contributed by atoms with Crippen LogP contribution in [0.4, 0.5) is 5.82 Å². The van der Waals surface area contributed by atoms with Crippen LogP contribution in [0, 0.1) is 0 Å². The fraction of sp³-hybridized carbons (Fsp3) is 0.500. The monoisotopic (exact) mass is 250 g/mol. The Morgan fingerprint density at radius 3 is 2.76 bits per heavy atom. The first-order valence-electron chi connectivity index (χ1n) is 5.98. The van der Waals surface area contributed by atoms with E-state index in [-0.39, 0.29) is 0 Å². The fourth-order valence-corrected chi connectivity index (χ4v) is 2.59. The maximum Gasteiger partial charge on any atom is 0.158 e. The lowest BCUT2D eigenvalue weighted by Gasteiger charge is -2.27. The molecule has 5 heteroatoms. The third kappa shape index (κ3) is 1.86. The molecular weight excluding hydrogens is 236 g/mol. The molecule has 0 aromatic carbocycles. The van der Waals surface area contributed by atoms with Crippen LogP contribution in [0.2, 0.25) is 5.15 Å². The quantitative estimate of drug-likeness (QED) is 0.730. The summed E-state index contributed by atoms with van der Waals surface area (Å²) in [4.78, 5) is 11.2. The maximum atomic E-state index is 6.09. The lowest BCUT2D eigenvalue weighted by Crippen LogP contribution is -2.30. The molecule has 1 aliphatic rings. The van der Waals surface area contributed by atoms with Gasteiger partial charge in [0.05, 0.1) is 11.8 Å². The van der Waals surface area contributed by atoms with E-state index in [2.05, 4.69) is 14.9 Å². The lowest BCUT2D eigenvalue weighted by molar-refractivity contribution is 0.574. The van der Waals surface area contributed by atoms with Gasteiger partial charge in [0.2, 0.25) is 0 Å². The first-order chi connectivity index (χ1) is 8.25. The predicted molar refractivity (Wildman–Crippen MR) is 69.6 cm³/mol. The van der Waals surface area contributed by atoms with Gasteiger partial charge in [0, 0.05) is 26.2 Å². The second-order valence-electron chi connectivity index (χ2n) is 4.54. The molecule has 2 aromatic rings. The Labute approximate surface area is 105 Å². The SMILES string of the molecule is Cn1cnc2c(N3CCCCC3)nc(Cl)cc21. The van der Waals surface area contributed by atoms with Crippen LogP contribution in [0.25, 0.3) is 11.0 Å². The minimum absolute atomic E-state index is 0.543. The Bertz CT molecular complexity index is 543. The number of aryl methyl sites for hydroxylation is 1. The van der Waals surface area contributed by atoms with Crippen LogP contribution in [-0.2, 0) is 7.05 Å².